The van der Waals surface area contributed by atoms with E-state index in [1.165, 1.54) is 19.2 Å². The Morgan fingerprint density at radius 2 is 1.76 bits per heavy atom. The number of hydrogen-bond donors (Lipinski definition) is 1. The number of methoxy groups -OCH3 is 1. The Morgan fingerprint density at radius 3 is 2.53 bits per heavy atom. The molecule has 10 heteroatoms. The summed E-state index contributed by atoms with van der Waals surface area (Å²) in [4.78, 5) is 21.7. The smallest absolute Gasteiger partial charge is 0.264 e. The lowest BCUT2D eigenvalue weighted by atomic mass is 10.1. The van der Waals surface area contributed by atoms with E-state index in [9.17, 15) is 13.2 Å². The van der Waals surface area contributed by atoms with Gasteiger partial charge in [0.1, 0.15) is 10.6 Å². The first kappa shape index (κ1) is 26.0. The molecule has 38 heavy (non-hydrogen) atoms. The molecule has 1 aliphatic heterocycles. The van der Waals surface area contributed by atoms with Crippen LogP contribution in [0, 0.1) is 0 Å². The van der Waals surface area contributed by atoms with Crippen LogP contribution in [0.3, 0.4) is 0 Å². The fraction of sp³-hybridized carbons (Fsp3) is 0.214. The number of anilines is 1. The van der Waals surface area contributed by atoms with Gasteiger partial charge in [-0.1, -0.05) is 41.9 Å². The highest BCUT2D eigenvalue weighted by molar-refractivity contribution is 7.93. The van der Waals surface area contributed by atoms with Crippen LogP contribution in [0.2, 0.25) is 5.02 Å². The minimum Gasteiger partial charge on any atom is -0.496 e. The molecule has 1 N–H and O–H groups in total. The topological polar surface area (TPSA) is 91.8 Å². The largest absolute Gasteiger partial charge is 0.496 e. The average molecular weight is 551 g/mol. The van der Waals surface area contributed by atoms with E-state index >= 15 is 0 Å². The van der Waals surface area contributed by atoms with E-state index in [1.54, 1.807) is 35.4 Å². The van der Waals surface area contributed by atoms with E-state index in [1.807, 2.05) is 36.4 Å². The number of rotatable bonds is 7. The van der Waals surface area contributed by atoms with Crippen molar-refractivity contribution in [3.63, 3.8) is 0 Å². The average Bonchev–Trinajstić information content (AvgIpc) is 2.92. The first-order chi connectivity index (χ1) is 18.3. The Balaban J connectivity index is 1.28. The van der Waals surface area contributed by atoms with Crippen LogP contribution >= 0.6 is 11.6 Å². The Labute approximate surface area is 226 Å². The molecule has 0 unspecified atom stereocenters. The summed E-state index contributed by atoms with van der Waals surface area (Å²) in [6, 6.07) is 21.0. The van der Waals surface area contributed by atoms with Gasteiger partial charge in [-0.25, -0.2) is 8.42 Å². The molecule has 0 saturated carbocycles. The first-order valence-electron chi connectivity index (χ1n) is 12.1. The number of aromatic nitrogens is 1. The van der Waals surface area contributed by atoms with E-state index in [-0.39, 0.29) is 16.5 Å². The molecule has 196 valence electrons. The maximum absolute atomic E-state index is 13.3. The van der Waals surface area contributed by atoms with Crippen molar-refractivity contribution in [3.05, 3.63) is 95.1 Å². The molecule has 0 bridgehead atoms. The van der Waals surface area contributed by atoms with Crippen LogP contribution in [0.25, 0.3) is 10.9 Å². The Kier molecular flexibility index (Phi) is 7.51. The molecule has 4 aromatic rings. The number of carbonyl (C=O) groups excluding carboxylic acids is 1. The summed E-state index contributed by atoms with van der Waals surface area (Å²) in [5, 5.41) is 1.43. The van der Waals surface area contributed by atoms with Crippen LogP contribution in [0.15, 0.2) is 83.9 Å². The Hall–Kier alpha value is -3.66. The molecule has 8 nitrogen and oxygen atoms in total. The summed E-state index contributed by atoms with van der Waals surface area (Å²) in [5.41, 5.74) is 2.19. The third-order valence-corrected chi connectivity index (χ3v) is 8.17. The monoisotopic (exact) mass is 550 g/mol. The zero-order valence-corrected chi connectivity index (χ0v) is 22.4. The first-order valence-corrected chi connectivity index (χ1v) is 14.0. The third-order valence-electron chi connectivity index (χ3n) is 6.52. The molecule has 5 rings (SSSR count). The highest BCUT2D eigenvalue weighted by Crippen LogP contribution is 2.28. The standard InChI is InChI=1S/C28H27ClN4O4S/c1-37-25-18-23(31-38(35,36)26-9-3-6-21-7-4-12-30-27(21)26)10-11-24(25)28(34)33-15-13-32(14-16-33)19-20-5-2-8-22(29)17-20/h2-12,17-18,31H,13-16,19H2,1H3. The number of para-hydroxylation sites is 1. The number of carbonyl (C=O) groups is 1. The van der Waals surface area contributed by atoms with Crippen LogP contribution in [0.1, 0.15) is 15.9 Å². The van der Waals surface area contributed by atoms with E-state index in [2.05, 4.69) is 14.6 Å². The van der Waals surface area contributed by atoms with E-state index in [4.69, 9.17) is 16.3 Å². The predicted octanol–water partition coefficient (Wildman–Crippen LogP) is 4.66. The highest BCUT2D eigenvalue weighted by Gasteiger charge is 2.25. The number of nitrogens with one attached hydrogen (secondary N) is 1. The number of halogens is 1. The van der Waals surface area contributed by atoms with Gasteiger partial charge < -0.3 is 9.64 Å². The third kappa shape index (κ3) is 5.60. The highest BCUT2D eigenvalue weighted by atomic mass is 35.5. The zero-order valence-electron chi connectivity index (χ0n) is 20.8. The molecule has 0 spiro atoms. The fourth-order valence-corrected chi connectivity index (χ4v) is 6.05. The Bertz CT molecular complexity index is 1580. The molecule has 1 saturated heterocycles. The van der Waals surface area contributed by atoms with Gasteiger partial charge in [-0.15, -0.1) is 0 Å². The van der Waals surface area contributed by atoms with E-state index < -0.39 is 10.0 Å². The number of piperazine rings is 1. The number of amides is 1. The van der Waals surface area contributed by atoms with Crippen molar-refractivity contribution in [1.29, 1.82) is 0 Å². The molecule has 1 aromatic heterocycles. The lowest BCUT2D eigenvalue weighted by Gasteiger charge is -2.35. The lowest BCUT2D eigenvalue weighted by Crippen LogP contribution is -2.48. The van der Waals surface area contributed by atoms with Gasteiger partial charge in [0, 0.05) is 55.4 Å². The van der Waals surface area contributed by atoms with Crippen LogP contribution < -0.4 is 9.46 Å². The molecule has 1 amide bonds. The van der Waals surface area contributed by atoms with E-state index in [0.717, 1.165) is 30.6 Å². The van der Waals surface area contributed by atoms with E-state index in [0.29, 0.717) is 34.9 Å². The van der Waals surface area contributed by atoms with Crippen LogP contribution in [-0.2, 0) is 16.6 Å². The molecular weight excluding hydrogens is 524 g/mol. The quantitative estimate of drug-likeness (QED) is 0.360. The van der Waals surface area contributed by atoms with Gasteiger partial charge in [-0.3, -0.25) is 19.4 Å². The zero-order chi connectivity index (χ0) is 26.7. The molecular formula is C28H27ClN4O4S. The lowest BCUT2D eigenvalue weighted by molar-refractivity contribution is 0.0625. The van der Waals surface area contributed by atoms with Crippen LogP contribution in [-0.4, -0.2) is 62.4 Å². The van der Waals surface area contributed by atoms with Gasteiger partial charge in [0.15, 0.2) is 0 Å². The number of sulfonamides is 1. The summed E-state index contributed by atoms with van der Waals surface area (Å²) in [6.45, 7) is 3.39. The predicted molar refractivity (Wildman–Crippen MR) is 148 cm³/mol. The minimum atomic E-state index is -3.93. The van der Waals surface area contributed by atoms with Crippen molar-refractivity contribution in [2.75, 3.05) is 38.0 Å². The maximum atomic E-state index is 13.3. The number of ether oxygens (including phenoxy) is 1. The molecule has 1 aliphatic rings. The van der Waals surface area contributed by atoms with Crippen molar-refractivity contribution in [1.82, 2.24) is 14.8 Å². The van der Waals surface area contributed by atoms with Crippen molar-refractivity contribution in [2.24, 2.45) is 0 Å². The summed E-state index contributed by atoms with van der Waals surface area (Å²) < 4.78 is 34.4. The van der Waals surface area contributed by atoms with Gasteiger partial charge in [-0.2, -0.15) is 0 Å². The van der Waals surface area contributed by atoms with Crippen LogP contribution in [0.5, 0.6) is 5.75 Å². The normalized spacial score (nSPS) is 14.4. The molecule has 1 fully saturated rings. The van der Waals surface area contributed by atoms with Gasteiger partial charge in [0.05, 0.1) is 23.9 Å². The van der Waals surface area contributed by atoms with Crippen molar-refractivity contribution in [3.8, 4) is 5.75 Å². The summed E-state index contributed by atoms with van der Waals surface area (Å²) >= 11 is 6.10. The minimum absolute atomic E-state index is 0.0744. The maximum Gasteiger partial charge on any atom is 0.264 e. The van der Waals surface area contributed by atoms with Crippen molar-refractivity contribution >= 4 is 44.1 Å². The van der Waals surface area contributed by atoms with Crippen molar-refractivity contribution in [2.45, 2.75) is 11.4 Å². The number of benzene rings is 3. The molecule has 0 aliphatic carbocycles. The molecule has 0 radical (unpaired) electrons. The van der Waals surface area contributed by atoms with Gasteiger partial charge >= 0.3 is 0 Å². The molecule has 3 aromatic carbocycles. The van der Waals surface area contributed by atoms with Gasteiger partial charge in [-0.05, 0) is 42.0 Å². The van der Waals surface area contributed by atoms with Gasteiger partial charge in [0.2, 0.25) is 0 Å². The second-order valence-corrected chi connectivity index (χ2v) is 11.1. The summed E-state index contributed by atoms with van der Waals surface area (Å²) in [6.07, 6.45) is 1.56. The fourth-order valence-electron chi connectivity index (χ4n) is 4.61. The number of fused-ring (bicyclic) bond motifs is 1. The van der Waals surface area contributed by atoms with Gasteiger partial charge in [0.25, 0.3) is 15.9 Å². The number of pyridine rings is 1. The summed E-state index contributed by atoms with van der Waals surface area (Å²) in [7, 11) is -2.47. The second-order valence-electron chi connectivity index (χ2n) is 9.05. The Morgan fingerprint density at radius 1 is 1.00 bits per heavy atom. The molecule has 0 atom stereocenters. The van der Waals surface area contributed by atoms with Crippen molar-refractivity contribution < 1.29 is 17.9 Å². The van der Waals surface area contributed by atoms with Crippen LogP contribution in [0.4, 0.5) is 5.69 Å². The SMILES string of the molecule is COc1cc(NS(=O)(=O)c2cccc3cccnc23)ccc1C(=O)N1CCN(Cc2cccc(Cl)c2)CC1. The second kappa shape index (κ2) is 11.0. The number of nitrogens with zero attached hydrogens (tertiary/aromatic N) is 3. The molecule has 2 heterocycles. The number of hydrogen-bond acceptors (Lipinski definition) is 6. The summed E-state index contributed by atoms with van der Waals surface area (Å²) in [5.74, 6) is 0.143.